The van der Waals surface area contributed by atoms with E-state index in [2.05, 4.69) is 5.32 Å². The number of amides is 3. The third-order valence-electron chi connectivity index (χ3n) is 5.43. The van der Waals surface area contributed by atoms with Gasteiger partial charge in [-0.05, 0) is 42.2 Å². The number of fused-ring (bicyclic) bond motifs is 2. The molecule has 1 saturated heterocycles. The van der Waals surface area contributed by atoms with E-state index in [1.54, 1.807) is 18.2 Å². The van der Waals surface area contributed by atoms with Crippen molar-refractivity contribution in [3.05, 3.63) is 59.2 Å². The molecule has 144 valence electrons. The number of benzene rings is 2. The fourth-order valence-electron chi connectivity index (χ4n) is 3.99. The molecule has 0 radical (unpaired) electrons. The first-order chi connectivity index (χ1) is 13.5. The highest BCUT2D eigenvalue weighted by Gasteiger charge is 2.55. The van der Waals surface area contributed by atoms with E-state index in [1.165, 1.54) is 14.2 Å². The molecule has 1 heterocycles. The van der Waals surface area contributed by atoms with Crippen molar-refractivity contribution in [1.29, 1.82) is 0 Å². The minimum absolute atomic E-state index is 0.259. The van der Waals surface area contributed by atoms with Crippen molar-refractivity contribution in [2.24, 2.45) is 0 Å². The fourth-order valence-corrected chi connectivity index (χ4v) is 3.99. The Morgan fingerprint density at radius 2 is 1.93 bits per heavy atom. The monoisotopic (exact) mass is 380 g/mol. The summed E-state index contributed by atoms with van der Waals surface area (Å²) in [6.07, 6.45) is 1.19. The van der Waals surface area contributed by atoms with Gasteiger partial charge in [-0.1, -0.05) is 24.3 Å². The van der Waals surface area contributed by atoms with Gasteiger partial charge in [0.2, 0.25) is 0 Å². The number of ketones is 1. The minimum Gasteiger partial charge on any atom is -0.497 e. The standard InChI is InChI=1S/C21H20N2O5/c1-27-14-7-8-18(28-2)15(11-14)17(24)12-23-19(25)21(22-20(23)26)10-9-13-5-3-4-6-16(13)21/h3-8,11H,9-10,12H2,1-2H3,(H,22,26)/t21-/m1/s1. The normalized spacial score (nSPS) is 20.3. The minimum atomic E-state index is -1.08. The summed E-state index contributed by atoms with van der Waals surface area (Å²) in [6, 6.07) is 11.9. The molecule has 2 aromatic rings. The number of urea groups is 1. The van der Waals surface area contributed by atoms with Crippen LogP contribution in [0.5, 0.6) is 11.5 Å². The zero-order chi connectivity index (χ0) is 19.9. The Hall–Kier alpha value is -3.35. The van der Waals surface area contributed by atoms with Gasteiger partial charge in [-0.25, -0.2) is 4.79 Å². The number of methoxy groups -OCH3 is 2. The van der Waals surface area contributed by atoms with Crippen LogP contribution in [0.15, 0.2) is 42.5 Å². The first-order valence-electron chi connectivity index (χ1n) is 8.98. The summed E-state index contributed by atoms with van der Waals surface area (Å²) < 4.78 is 10.4. The topological polar surface area (TPSA) is 84.9 Å². The zero-order valence-electron chi connectivity index (χ0n) is 15.7. The number of imide groups is 1. The molecule has 0 bridgehead atoms. The highest BCUT2D eigenvalue weighted by molar-refractivity contribution is 6.12. The Balaban J connectivity index is 1.63. The summed E-state index contributed by atoms with van der Waals surface area (Å²) in [6.45, 7) is -0.363. The second kappa shape index (κ2) is 6.67. The van der Waals surface area contributed by atoms with Crippen LogP contribution in [-0.2, 0) is 16.8 Å². The number of carbonyl (C=O) groups is 3. The van der Waals surface area contributed by atoms with Crippen LogP contribution in [0, 0.1) is 0 Å². The number of Topliss-reactive ketones (excluding diaryl/α,β-unsaturated/α-hetero) is 1. The van der Waals surface area contributed by atoms with Gasteiger partial charge in [0.15, 0.2) is 5.78 Å². The molecule has 2 aliphatic rings. The summed E-state index contributed by atoms with van der Waals surface area (Å²) in [5.41, 5.74) is 1.03. The molecule has 0 aromatic heterocycles. The van der Waals surface area contributed by atoms with Crippen LogP contribution in [0.2, 0.25) is 0 Å². The van der Waals surface area contributed by atoms with Gasteiger partial charge in [-0.3, -0.25) is 14.5 Å². The van der Waals surface area contributed by atoms with Gasteiger partial charge >= 0.3 is 6.03 Å². The third kappa shape index (κ3) is 2.62. The molecule has 1 spiro atoms. The van der Waals surface area contributed by atoms with Crippen LogP contribution in [0.4, 0.5) is 4.79 Å². The summed E-state index contributed by atoms with van der Waals surface area (Å²) in [7, 11) is 2.95. The van der Waals surface area contributed by atoms with Gasteiger partial charge in [-0.2, -0.15) is 0 Å². The van der Waals surface area contributed by atoms with Gasteiger partial charge < -0.3 is 14.8 Å². The number of nitrogens with one attached hydrogen (secondary N) is 1. The van der Waals surface area contributed by atoms with Crippen molar-refractivity contribution < 1.29 is 23.9 Å². The molecular formula is C21H20N2O5. The third-order valence-corrected chi connectivity index (χ3v) is 5.43. The molecular weight excluding hydrogens is 360 g/mol. The molecule has 1 N–H and O–H groups in total. The van der Waals surface area contributed by atoms with Crippen LogP contribution in [0.1, 0.15) is 27.9 Å². The Kier molecular flexibility index (Phi) is 4.30. The van der Waals surface area contributed by atoms with Crippen LogP contribution >= 0.6 is 0 Å². The van der Waals surface area contributed by atoms with Crippen molar-refractivity contribution in [2.45, 2.75) is 18.4 Å². The van der Waals surface area contributed by atoms with Crippen molar-refractivity contribution >= 4 is 17.7 Å². The maximum atomic E-state index is 13.2. The van der Waals surface area contributed by atoms with Crippen molar-refractivity contribution in [2.75, 3.05) is 20.8 Å². The molecule has 1 fully saturated rings. The lowest BCUT2D eigenvalue weighted by molar-refractivity contribution is -0.131. The smallest absolute Gasteiger partial charge is 0.325 e. The van der Waals surface area contributed by atoms with E-state index in [9.17, 15) is 14.4 Å². The average molecular weight is 380 g/mol. The Morgan fingerprint density at radius 3 is 2.68 bits per heavy atom. The maximum absolute atomic E-state index is 13.2. The molecule has 3 amide bonds. The molecule has 1 aliphatic heterocycles. The Morgan fingerprint density at radius 1 is 1.14 bits per heavy atom. The van der Waals surface area contributed by atoms with Crippen LogP contribution < -0.4 is 14.8 Å². The fraction of sp³-hybridized carbons (Fsp3) is 0.286. The second-order valence-electron chi connectivity index (χ2n) is 6.87. The van der Waals surface area contributed by atoms with E-state index in [0.29, 0.717) is 24.3 Å². The van der Waals surface area contributed by atoms with Gasteiger partial charge in [-0.15, -0.1) is 0 Å². The second-order valence-corrected chi connectivity index (χ2v) is 6.87. The molecule has 28 heavy (non-hydrogen) atoms. The van der Waals surface area contributed by atoms with Crippen LogP contribution in [0.25, 0.3) is 0 Å². The molecule has 7 nitrogen and oxygen atoms in total. The van der Waals surface area contributed by atoms with Crippen LogP contribution in [0.3, 0.4) is 0 Å². The largest absolute Gasteiger partial charge is 0.497 e. The first-order valence-corrected chi connectivity index (χ1v) is 8.98. The Bertz CT molecular complexity index is 987. The molecule has 7 heteroatoms. The first kappa shape index (κ1) is 18.0. The van der Waals surface area contributed by atoms with Crippen LogP contribution in [-0.4, -0.2) is 43.4 Å². The van der Waals surface area contributed by atoms with Crippen molar-refractivity contribution in [3.8, 4) is 11.5 Å². The number of hydrogen-bond acceptors (Lipinski definition) is 5. The number of nitrogens with zero attached hydrogens (tertiary/aromatic N) is 1. The highest BCUT2D eigenvalue weighted by atomic mass is 16.5. The quantitative estimate of drug-likeness (QED) is 0.635. The van der Waals surface area contributed by atoms with E-state index in [1.807, 2.05) is 24.3 Å². The number of ether oxygens (including phenoxy) is 2. The van der Waals surface area contributed by atoms with Gasteiger partial charge in [0.05, 0.1) is 26.3 Å². The lowest BCUT2D eigenvalue weighted by Crippen LogP contribution is -2.42. The molecule has 1 atom stereocenters. The van der Waals surface area contributed by atoms with Gasteiger partial charge in [0, 0.05) is 0 Å². The number of carbonyl (C=O) groups excluding carboxylic acids is 3. The predicted octanol–water partition coefficient (Wildman–Crippen LogP) is 2.28. The zero-order valence-corrected chi connectivity index (χ0v) is 15.7. The summed E-state index contributed by atoms with van der Waals surface area (Å²) in [4.78, 5) is 39.6. The molecule has 4 rings (SSSR count). The Labute approximate surface area is 162 Å². The number of hydrogen-bond donors (Lipinski definition) is 1. The van der Waals surface area contributed by atoms with E-state index in [0.717, 1.165) is 16.0 Å². The van der Waals surface area contributed by atoms with Crippen molar-refractivity contribution in [1.82, 2.24) is 10.2 Å². The summed E-state index contributed by atoms with van der Waals surface area (Å²) >= 11 is 0. The molecule has 1 aliphatic carbocycles. The highest BCUT2D eigenvalue weighted by Crippen LogP contribution is 2.41. The lowest BCUT2D eigenvalue weighted by atomic mass is 9.92. The summed E-state index contributed by atoms with van der Waals surface area (Å²) in [5, 5.41) is 2.82. The SMILES string of the molecule is COc1ccc(OC)c(C(=O)CN2C(=O)N[C@@]3(CCc4ccccc43)C2=O)c1. The van der Waals surface area contributed by atoms with Crippen molar-refractivity contribution in [3.63, 3.8) is 0 Å². The predicted molar refractivity (Wildman–Crippen MR) is 101 cm³/mol. The lowest BCUT2D eigenvalue weighted by Gasteiger charge is -2.22. The van der Waals surface area contributed by atoms with E-state index in [4.69, 9.17) is 9.47 Å². The molecule has 0 unspecified atom stereocenters. The molecule has 0 saturated carbocycles. The molecule has 2 aromatic carbocycles. The van der Waals surface area contributed by atoms with E-state index >= 15 is 0 Å². The summed E-state index contributed by atoms with van der Waals surface area (Å²) in [5.74, 6) is 0.0570. The van der Waals surface area contributed by atoms with Gasteiger partial charge in [0.25, 0.3) is 5.91 Å². The number of aryl methyl sites for hydroxylation is 1. The van der Waals surface area contributed by atoms with E-state index < -0.39 is 23.3 Å². The maximum Gasteiger partial charge on any atom is 0.325 e. The van der Waals surface area contributed by atoms with E-state index in [-0.39, 0.29) is 12.1 Å². The van der Waals surface area contributed by atoms with Gasteiger partial charge in [0.1, 0.15) is 17.0 Å². The number of rotatable bonds is 5. The average Bonchev–Trinajstić information content (AvgIpc) is 3.20.